The first-order valence-corrected chi connectivity index (χ1v) is 4.51. The van der Waals surface area contributed by atoms with Crippen LogP contribution in [0, 0.1) is 0 Å². The molecule has 0 N–H and O–H groups in total. The maximum absolute atomic E-state index is 2.27. The molecule has 11 heavy (non-hydrogen) atoms. The molecule has 0 bridgehead atoms. The Bertz CT molecular complexity index is 180. The first-order chi connectivity index (χ1) is 5.36. The maximum atomic E-state index is 2.27. The molecule has 0 atom stereocenters. The van der Waals surface area contributed by atoms with Crippen molar-refractivity contribution in [1.29, 1.82) is 0 Å². The van der Waals surface area contributed by atoms with Crippen molar-refractivity contribution in [3.05, 3.63) is 24.0 Å². The van der Waals surface area contributed by atoms with Crippen LogP contribution in [-0.2, 0) is 13.0 Å². The zero-order valence-corrected chi connectivity index (χ0v) is 7.51. The fourth-order valence-corrected chi connectivity index (χ4v) is 1.32. The summed E-state index contributed by atoms with van der Waals surface area (Å²) < 4.78 is 2.27. The molecule has 0 saturated heterocycles. The standard InChI is InChI=1S/C10H17N/c1-3-5-10-6-8-11(9-10)7-4-2/h6,8-9H,3-5,7H2,1-2H3. The lowest BCUT2D eigenvalue weighted by molar-refractivity contribution is 0.681. The second kappa shape index (κ2) is 4.22. The molecule has 0 aromatic carbocycles. The molecule has 0 fully saturated rings. The van der Waals surface area contributed by atoms with Gasteiger partial charge in [-0.15, -0.1) is 0 Å². The number of aromatic nitrogens is 1. The van der Waals surface area contributed by atoms with Crippen LogP contribution < -0.4 is 0 Å². The summed E-state index contributed by atoms with van der Waals surface area (Å²) in [6, 6.07) is 2.22. The number of nitrogens with zero attached hydrogens (tertiary/aromatic N) is 1. The van der Waals surface area contributed by atoms with E-state index in [9.17, 15) is 0 Å². The summed E-state index contributed by atoms with van der Waals surface area (Å²) in [4.78, 5) is 0. The highest BCUT2D eigenvalue weighted by Gasteiger charge is 1.93. The highest BCUT2D eigenvalue weighted by Crippen LogP contribution is 2.04. The quantitative estimate of drug-likeness (QED) is 0.623. The van der Waals surface area contributed by atoms with Crippen LogP contribution >= 0.6 is 0 Å². The Kier molecular flexibility index (Phi) is 3.21. The summed E-state index contributed by atoms with van der Waals surface area (Å²) in [6.45, 7) is 5.58. The number of rotatable bonds is 4. The van der Waals surface area contributed by atoms with Crippen LogP contribution in [-0.4, -0.2) is 4.57 Å². The van der Waals surface area contributed by atoms with Crippen molar-refractivity contribution in [2.45, 2.75) is 39.7 Å². The number of aryl methyl sites for hydroxylation is 2. The summed E-state index contributed by atoms with van der Waals surface area (Å²) in [7, 11) is 0. The molecule has 62 valence electrons. The first kappa shape index (κ1) is 8.38. The van der Waals surface area contributed by atoms with Gasteiger partial charge in [0.1, 0.15) is 0 Å². The van der Waals surface area contributed by atoms with Gasteiger partial charge in [-0.2, -0.15) is 0 Å². The summed E-state index contributed by atoms with van der Waals surface area (Å²) in [5.74, 6) is 0. The van der Waals surface area contributed by atoms with Gasteiger partial charge >= 0.3 is 0 Å². The lowest BCUT2D eigenvalue weighted by Gasteiger charge is -1.96. The molecule has 0 unspecified atom stereocenters. The Morgan fingerprint density at radius 3 is 2.73 bits per heavy atom. The minimum absolute atomic E-state index is 1.16. The van der Waals surface area contributed by atoms with Crippen LogP contribution in [0.15, 0.2) is 18.5 Å². The van der Waals surface area contributed by atoms with Crippen LogP contribution in [0.25, 0.3) is 0 Å². The normalized spacial score (nSPS) is 10.4. The van der Waals surface area contributed by atoms with Crippen LogP contribution in [0.2, 0.25) is 0 Å². The van der Waals surface area contributed by atoms with Gasteiger partial charge in [-0.3, -0.25) is 0 Å². The molecule has 0 aliphatic rings. The third kappa shape index (κ3) is 2.41. The van der Waals surface area contributed by atoms with Crippen molar-refractivity contribution >= 4 is 0 Å². The van der Waals surface area contributed by atoms with Crippen molar-refractivity contribution in [2.75, 3.05) is 0 Å². The van der Waals surface area contributed by atoms with E-state index in [0.717, 1.165) is 6.54 Å². The van der Waals surface area contributed by atoms with Crippen molar-refractivity contribution in [3.8, 4) is 0 Å². The van der Waals surface area contributed by atoms with Crippen LogP contribution in [0.5, 0.6) is 0 Å². The molecule has 0 amide bonds. The Balaban J connectivity index is 2.51. The van der Waals surface area contributed by atoms with Crippen LogP contribution in [0.3, 0.4) is 0 Å². The Labute approximate surface area is 69.0 Å². The van der Waals surface area contributed by atoms with E-state index in [1.54, 1.807) is 0 Å². The van der Waals surface area contributed by atoms with Crippen molar-refractivity contribution in [1.82, 2.24) is 4.57 Å². The Morgan fingerprint density at radius 1 is 1.27 bits per heavy atom. The maximum Gasteiger partial charge on any atom is 0.0217 e. The third-order valence-corrected chi connectivity index (χ3v) is 1.83. The molecule has 0 aliphatic carbocycles. The largest absolute Gasteiger partial charge is 0.354 e. The van der Waals surface area contributed by atoms with Gasteiger partial charge in [0.15, 0.2) is 0 Å². The van der Waals surface area contributed by atoms with E-state index in [4.69, 9.17) is 0 Å². The van der Waals surface area contributed by atoms with E-state index in [-0.39, 0.29) is 0 Å². The third-order valence-electron chi connectivity index (χ3n) is 1.83. The van der Waals surface area contributed by atoms with Crippen LogP contribution in [0.4, 0.5) is 0 Å². The van der Waals surface area contributed by atoms with Crippen molar-refractivity contribution in [2.24, 2.45) is 0 Å². The SMILES string of the molecule is CCCc1ccn(CCC)c1. The average molecular weight is 151 g/mol. The van der Waals surface area contributed by atoms with Gasteiger partial charge in [-0.05, 0) is 24.5 Å². The topological polar surface area (TPSA) is 4.93 Å². The lowest BCUT2D eigenvalue weighted by atomic mass is 10.2. The first-order valence-electron chi connectivity index (χ1n) is 4.51. The van der Waals surface area contributed by atoms with E-state index in [2.05, 4.69) is 36.9 Å². The number of hydrogen-bond acceptors (Lipinski definition) is 0. The Hall–Kier alpha value is -0.720. The van der Waals surface area contributed by atoms with Gasteiger partial charge < -0.3 is 4.57 Å². The molecule has 1 nitrogen and oxygen atoms in total. The lowest BCUT2D eigenvalue weighted by Crippen LogP contribution is -1.91. The van der Waals surface area contributed by atoms with Gasteiger partial charge in [-0.25, -0.2) is 0 Å². The van der Waals surface area contributed by atoms with E-state index < -0.39 is 0 Å². The van der Waals surface area contributed by atoms with Gasteiger partial charge in [0.25, 0.3) is 0 Å². The molecule has 1 aromatic rings. The van der Waals surface area contributed by atoms with Gasteiger partial charge in [-0.1, -0.05) is 20.3 Å². The minimum atomic E-state index is 1.16. The fraction of sp³-hybridized carbons (Fsp3) is 0.600. The molecule has 0 spiro atoms. The predicted molar refractivity (Wildman–Crippen MR) is 48.7 cm³/mol. The molecule has 0 aliphatic heterocycles. The smallest absolute Gasteiger partial charge is 0.0217 e. The van der Waals surface area contributed by atoms with Crippen LogP contribution in [0.1, 0.15) is 32.3 Å². The second-order valence-electron chi connectivity index (χ2n) is 3.01. The predicted octanol–water partition coefficient (Wildman–Crippen LogP) is 2.85. The summed E-state index contributed by atoms with van der Waals surface area (Å²) in [5, 5.41) is 0. The van der Waals surface area contributed by atoms with E-state index in [0.29, 0.717) is 0 Å². The fourth-order valence-electron chi connectivity index (χ4n) is 1.32. The van der Waals surface area contributed by atoms with Gasteiger partial charge in [0.2, 0.25) is 0 Å². The Morgan fingerprint density at radius 2 is 2.09 bits per heavy atom. The average Bonchev–Trinajstić information content (AvgIpc) is 2.38. The summed E-state index contributed by atoms with van der Waals surface area (Å²) in [6.07, 6.45) is 8.12. The zero-order valence-electron chi connectivity index (χ0n) is 7.51. The summed E-state index contributed by atoms with van der Waals surface area (Å²) in [5.41, 5.74) is 1.47. The molecule has 1 heteroatoms. The van der Waals surface area contributed by atoms with E-state index >= 15 is 0 Å². The molecule has 1 aromatic heterocycles. The molecular weight excluding hydrogens is 134 g/mol. The van der Waals surface area contributed by atoms with Gasteiger partial charge in [0.05, 0.1) is 0 Å². The number of hydrogen-bond donors (Lipinski definition) is 0. The molecule has 1 rings (SSSR count). The van der Waals surface area contributed by atoms with Gasteiger partial charge in [0, 0.05) is 18.9 Å². The van der Waals surface area contributed by atoms with E-state index in [1.807, 2.05) is 0 Å². The highest BCUT2D eigenvalue weighted by molar-refractivity contribution is 5.09. The monoisotopic (exact) mass is 151 g/mol. The molecule has 1 heterocycles. The highest BCUT2D eigenvalue weighted by atomic mass is 14.9. The summed E-state index contributed by atoms with van der Waals surface area (Å²) >= 11 is 0. The molecule has 0 saturated carbocycles. The zero-order chi connectivity index (χ0) is 8.10. The van der Waals surface area contributed by atoms with E-state index in [1.165, 1.54) is 24.8 Å². The minimum Gasteiger partial charge on any atom is -0.354 e. The van der Waals surface area contributed by atoms with Crippen molar-refractivity contribution in [3.63, 3.8) is 0 Å². The molecular formula is C10H17N. The second-order valence-corrected chi connectivity index (χ2v) is 3.01. The molecule has 0 radical (unpaired) electrons. The van der Waals surface area contributed by atoms with Crippen molar-refractivity contribution < 1.29 is 0 Å².